The maximum atomic E-state index is 12.6. The molecule has 1 heterocycles. The van der Waals surface area contributed by atoms with Crippen molar-refractivity contribution in [3.8, 4) is 0 Å². The molecule has 0 radical (unpaired) electrons. The second-order valence-electron chi connectivity index (χ2n) is 3.69. The molecular weight excluding hydrogens is 235 g/mol. The number of halogens is 3. The van der Waals surface area contributed by atoms with Crippen LogP contribution in [0, 0.1) is 0 Å². The van der Waals surface area contributed by atoms with Gasteiger partial charge in [-0.25, -0.2) is 0 Å². The summed E-state index contributed by atoms with van der Waals surface area (Å²) in [6.07, 6.45) is -4.22. The van der Waals surface area contributed by atoms with Crippen LogP contribution in [0.15, 0.2) is 12.1 Å². The van der Waals surface area contributed by atoms with Crippen LogP contribution in [0.5, 0.6) is 0 Å². The minimum absolute atomic E-state index is 0.193. The number of alkyl halides is 3. The summed E-state index contributed by atoms with van der Waals surface area (Å²) in [6, 6.07) is 1.67. The van der Waals surface area contributed by atoms with E-state index in [4.69, 9.17) is 0 Å². The second kappa shape index (κ2) is 3.58. The zero-order valence-corrected chi connectivity index (χ0v) is 8.81. The maximum Gasteiger partial charge on any atom is 0.416 e. The molecule has 17 heavy (non-hydrogen) atoms. The van der Waals surface area contributed by atoms with Crippen LogP contribution in [-0.4, -0.2) is 11.7 Å². The van der Waals surface area contributed by atoms with Crippen LogP contribution in [-0.2, 0) is 17.4 Å². The van der Waals surface area contributed by atoms with Gasteiger partial charge in [0.15, 0.2) is 0 Å². The third-order valence-electron chi connectivity index (χ3n) is 2.62. The summed E-state index contributed by atoms with van der Waals surface area (Å²) >= 11 is 0. The van der Waals surface area contributed by atoms with E-state index in [9.17, 15) is 22.8 Å². The van der Waals surface area contributed by atoms with Crippen LogP contribution in [0.1, 0.15) is 28.4 Å². The summed E-state index contributed by atoms with van der Waals surface area (Å²) in [7, 11) is 0. The Hall–Kier alpha value is -1.85. The van der Waals surface area contributed by atoms with Gasteiger partial charge in [-0.3, -0.25) is 9.59 Å². The van der Waals surface area contributed by atoms with Crippen molar-refractivity contribution < 1.29 is 22.8 Å². The lowest BCUT2D eigenvalue weighted by Gasteiger charge is -2.11. The van der Waals surface area contributed by atoms with Gasteiger partial charge < -0.3 is 5.32 Å². The number of benzene rings is 1. The first-order valence-electron chi connectivity index (χ1n) is 4.94. The first-order valence-corrected chi connectivity index (χ1v) is 4.94. The number of anilines is 1. The molecule has 0 bridgehead atoms. The second-order valence-corrected chi connectivity index (χ2v) is 3.69. The third-order valence-corrected chi connectivity index (χ3v) is 2.62. The lowest BCUT2D eigenvalue weighted by atomic mass is 10.0. The predicted molar refractivity (Wildman–Crippen MR) is 53.8 cm³/mol. The molecule has 0 saturated heterocycles. The Morgan fingerprint density at radius 3 is 2.41 bits per heavy atom. The first kappa shape index (κ1) is 11.6. The molecule has 1 aliphatic heterocycles. The maximum absolute atomic E-state index is 12.6. The van der Waals surface area contributed by atoms with E-state index in [0.717, 1.165) is 6.07 Å². The van der Waals surface area contributed by atoms with Crippen molar-refractivity contribution in [3.63, 3.8) is 0 Å². The highest BCUT2D eigenvalue weighted by atomic mass is 19.4. The SMILES string of the molecule is CCc1cc(C(F)(F)F)cc2c1NC(=O)C2=O. The monoisotopic (exact) mass is 243 g/mol. The van der Waals surface area contributed by atoms with Gasteiger partial charge in [-0.05, 0) is 24.1 Å². The van der Waals surface area contributed by atoms with E-state index in [2.05, 4.69) is 5.32 Å². The van der Waals surface area contributed by atoms with E-state index < -0.39 is 23.4 Å². The standard InChI is InChI=1S/C11H8F3NO2/c1-2-5-3-6(11(12,13)14)4-7-8(5)15-10(17)9(7)16/h3-4H,2H2,1H3,(H,15,16,17). The van der Waals surface area contributed by atoms with E-state index in [1.54, 1.807) is 6.92 Å². The van der Waals surface area contributed by atoms with E-state index >= 15 is 0 Å². The predicted octanol–water partition coefficient (Wildman–Crippen LogP) is 2.40. The van der Waals surface area contributed by atoms with Crippen molar-refractivity contribution in [2.75, 3.05) is 5.32 Å². The summed E-state index contributed by atoms with van der Waals surface area (Å²) in [5.74, 6) is -1.80. The lowest BCUT2D eigenvalue weighted by Crippen LogP contribution is -2.12. The van der Waals surface area contributed by atoms with Crippen LogP contribution in [0.2, 0.25) is 0 Å². The Kier molecular flexibility index (Phi) is 2.45. The van der Waals surface area contributed by atoms with Crippen LogP contribution < -0.4 is 5.32 Å². The molecule has 0 unspecified atom stereocenters. The van der Waals surface area contributed by atoms with Gasteiger partial charge in [0.2, 0.25) is 0 Å². The number of hydrogen-bond donors (Lipinski definition) is 1. The number of ketones is 1. The lowest BCUT2D eigenvalue weighted by molar-refractivity contribution is -0.137. The number of carbonyl (C=O) groups excluding carboxylic acids is 2. The Labute approximate surface area is 94.6 Å². The molecule has 1 aliphatic rings. The molecule has 6 heteroatoms. The van der Waals surface area contributed by atoms with Crippen LogP contribution >= 0.6 is 0 Å². The Morgan fingerprint density at radius 2 is 1.88 bits per heavy atom. The van der Waals surface area contributed by atoms with Gasteiger partial charge in [0, 0.05) is 0 Å². The molecule has 2 rings (SSSR count). The Bertz CT molecular complexity index is 520. The number of carbonyl (C=O) groups is 2. The molecule has 0 aromatic heterocycles. The molecule has 1 N–H and O–H groups in total. The van der Waals surface area contributed by atoms with Gasteiger partial charge in [-0.2, -0.15) is 13.2 Å². The summed E-state index contributed by atoms with van der Waals surface area (Å²) in [5.41, 5.74) is -0.579. The minimum atomic E-state index is -4.52. The zero-order valence-electron chi connectivity index (χ0n) is 8.81. The molecule has 0 aliphatic carbocycles. The molecule has 1 aromatic carbocycles. The highest BCUT2D eigenvalue weighted by molar-refractivity contribution is 6.51. The molecule has 0 fully saturated rings. The smallest absolute Gasteiger partial charge is 0.318 e. The fourth-order valence-electron chi connectivity index (χ4n) is 1.76. The van der Waals surface area contributed by atoms with Crippen LogP contribution in [0.25, 0.3) is 0 Å². The fourth-order valence-corrected chi connectivity index (χ4v) is 1.76. The van der Waals surface area contributed by atoms with Crippen molar-refractivity contribution in [2.45, 2.75) is 19.5 Å². The number of hydrogen-bond acceptors (Lipinski definition) is 2. The topological polar surface area (TPSA) is 46.2 Å². The molecule has 1 aromatic rings. The quantitative estimate of drug-likeness (QED) is 0.770. The Balaban J connectivity index is 2.66. The molecule has 1 amide bonds. The van der Waals surface area contributed by atoms with Crippen molar-refractivity contribution in [3.05, 3.63) is 28.8 Å². The minimum Gasteiger partial charge on any atom is -0.318 e. The highest BCUT2D eigenvalue weighted by Gasteiger charge is 2.36. The normalized spacial score (nSPS) is 14.8. The van der Waals surface area contributed by atoms with Gasteiger partial charge in [0.25, 0.3) is 11.7 Å². The number of amides is 1. The number of aryl methyl sites for hydroxylation is 1. The average Bonchev–Trinajstić information content (AvgIpc) is 2.53. The van der Waals surface area contributed by atoms with Crippen LogP contribution in [0.4, 0.5) is 18.9 Å². The third kappa shape index (κ3) is 1.79. The zero-order chi connectivity index (χ0) is 12.8. The van der Waals surface area contributed by atoms with Crippen LogP contribution in [0.3, 0.4) is 0 Å². The fraction of sp³-hybridized carbons (Fsp3) is 0.273. The van der Waals surface area contributed by atoms with Gasteiger partial charge in [0.1, 0.15) is 0 Å². The van der Waals surface area contributed by atoms with E-state index in [-0.39, 0.29) is 11.3 Å². The molecule has 90 valence electrons. The largest absolute Gasteiger partial charge is 0.416 e. The van der Waals surface area contributed by atoms with Crippen molar-refractivity contribution in [1.82, 2.24) is 0 Å². The molecule has 0 atom stereocenters. The van der Waals surface area contributed by atoms with Crippen molar-refractivity contribution in [2.24, 2.45) is 0 Å². The number of Topliss-reactive ketones (excluding diaryl/α,β-unsaturated/α-hetero) is 1. The van der Waals surface area contributed by atoms with Gasteiger partial charge in [-0.1, -0.05) is 6.92 Å². The number of fused-ring (bicyclic) bond motifs is 1. The Morgan fingerprint density at radius 1 is 1.24 bits per heavy atom. The number of rotatable bonds is 1. The van der Waals surface area contributed by atoms with Crippen molar-refractivity contribution in [1.29, 1.82) is 0 Å². The molecular formula is C11H8F3NO2. The molecule has 0 spiro atoms. The molecule has 0 saturated carbocycles. The number of nitrogens with one attached hydrogen (secondary N) is 1. The van der Waals surface area contributed by atoms with E-state index in [1.165, 1.54) is 0 Å². The average molecular weight is 243 g/mol. The highest BCUT2D eigenvalue weighted by Crippen LogP contribution is 2.36. The first-order chi connectivity index (χ1) is 7.84. The van der Waals surface area contributed by atoms with Gasteiger partial charge in [0.05, 0.1) is 16.8 Å². The van der Waals surface area contributed by atoms with Crippen molar-refractivity contribution >= 4 is 17.4 Å². The van der Waals surface area contributed by atoms with E-state index in [1.807, 2.05) is 0 Å². The summed E-state index contributed by atoms with van der Waals surface area (Å²) in [4.78, 5) is 22.5. The summed E-state index contributed by atoms with van der Waals surface area (Å²) < 4.78 is 37.7. The molecule has 3 nitrogen and oxygen atoms in total. The summed E-state index contributed by atoms with van der Waals surface area (Å²) in [5, 5.41) is 2.29. The van der Waals surface area contributed by atoms with Gasteiger partial charge >= 0.3 is 6.18 Å². The van der Waals surface area contributed by atoms with Gasteiger partial charge in [-0.15, -0.1) is 0 Å². The van der Waals surface area contributed by atoms with E-state index in [0.29, 0.717) is 18.1 Å². The summed E-state index contributed by atoms with van der Waals surface area (Å²) in [6.45, 7) is 1.66.